The summed E-state index contributed by atoms with van der Waals surface area (Å²) in [5.41, 5.74) is 4.18. The van der Waals surface area contributed by atoms with Crippen LogP contribution in [0.5, 0.6) is 0 Å². The van der Waals surface area contributed by atoms with Crippen molar-refractivity contribution in [1.29, 1.82) is 0 Å². The quantitative estimate of drug-likeness (QED) is 0.633. The molecule has 17 heavy (non-hydrogen) atoms. The molecule has 0 aromatic heterocycles. The molecule has 0 aliphatic heterocycles. The Morgan fingerprint density at radius 3 is 1.59 bits per heavy atom. The SMILES string of the molecule is Cc1ccccc1.Cc1ccccc1C(C)C. The first-order valence-corrected chi connectivity index (χ1v) is 6.18. The summed E-state index contributed by atoms with van der Waals surface area (Å²) >= 11 is 0. The Hall–Kier alpha value is -1.56. The van der Waals surface area contributed by atoms with Gasteiger partial charge in [0.2, 0.25) is 0 Å². The summed E-state index contributed by atoms with van der Waals surface area (Å²) in [7, 11) is 0. The van der Waals surface area contributed by atoms with Crippen LogP contribution in [0.15, 0.2) is 54.6 Å². The van der Waals surface area contributed by atoms with Crippen LogP contribution in [0, 0.1) is 13.8 Å². The van der Waals surface area contributed by atoms with E-state index >= 15 is 0 Å². The number of hydrogen-bond acceptors (Lipinski definition) is 0. The molecule has 0 nitrogen and oxygen atoms in total. The van der Waals surface area contributed by atoms with Gasteiger partial charge >= 0.3 is 0 Å². The minimum atomic E-state index is 0.654. The molecule has 0 unspecified atom stereocenters. The van der Waals surface area contributed by atoms with Crippen molar-refractivity contribution in [3.8, 4) is 0 Å². The lowest BCUT2D eigenvalue weighted by atomic mass is 9.99. The summed E-state index contributed by atoms with van der Waals surface area (Å²) in [6, 6.07) is 18.8. The second-order valence-electron chi connectivity index (χ2n) is 4.67. The number of aryl methyl sites for hydroxylation is 2. The van der Waals surface area contributed by atoms with Crippen molar-refractivity contribution >= 4 is 0 Å². The van der Waals surface area contributed by atoms with Crippen molar-refractivity contribution in [1.82, 2.24) is 0 Å². The number of benzene rings is 2. The Kier molecular flexibility index (Phi) is 5.48. The van der Waals surface area contributed by atoms with Gasteiger partial charge in [-0.3, -0.25) is 0 Å². The Morgan fingerprint density at radius 1 is 0.706 bits per heavy atom. The van der Waals surface area contributed by atoms with Gasteiger partial charge in [0.1, 0.15) is 0 Å². The van der Waals surface area contributed by atoms with E-state index in [4.69, 9.17) is 0 Å². The zero-order valence-corrected chi connectivity index (χ0v) is 11.3. The first-order chi connectivity index (χ1) is 8.11. The van der Waals surface area contributed by atoms with Crippen LogP contribution in [0.25, 0.3) is 0 Å². The molecule has 0 aliphatic carbocycles. The van der Waals surface area contributed by atoms with E-state index in [9.17, 15) is 0 Å². The predicted molar refractivity (Wildman–Crippen MR) is 76.4 cm³/mol. The molecule has 2 aromatic rings. The first kappa shape index (κ1) is 13.5. The Labute approximate surface area is 105 Å². The third-order valence-corrected chi connectivity index (χ3v) is 2.75. The highest BCUT2D eigenvalue weighted by atomic mass is 14.0. The predicted octanol–water partition coefficient (Wildman–Crippen LogP) is 5.11. The third-order valence-electron chi connectivity index (χ3n) is 2.75. The molecule has 0 atom stereocenters. The highest BCUT2D eigenvalue weighted by molar-refractivity contribution is 5.27. The van der Waals surface area contributed by atoms with Gasteiger partial charge in [-0.05, 0) is 30.9 Å². The van der Waals surface area contributed by atoms with E-state index in [1.165, 1.54) is 16.7 Å². The van der Waals surface area contributed by atoms with Crippen LogP contribution in [-0.2, 0) is 0 Å². The van der Waals surface area contributed by atoms with E-state index in [2.05, 4.69) is 64.1 Å². The van der Waals surface area contributed by atoms with Gasteiger partial charge in [-0.15, -0.1) is 0 Å². The molecular formula is C17H22. The van der Waals surface area contributed by atoms with Crippen molar-refractivity contribution < 1.29 is 0 Å². The molecule has 2 rings (SSSR count). The summed E-state index contributed by atoms with van der Waals surface area (Å²) in [4.78, 5) is 0. The summed E-state index contributed by atoms with van der Waals surface area (Å²) in [5.74, 6) is 0.654. The molecule has 0 heteroatoms. The summed E-state index contributed by atoms with van der Waals surface area (Å²) in [6.07, 6.45) is 0. The average molecular weight is 226 g/mol. The molecule has 0 spiro atoms. The van der Waals surface area contributed by atoms with Gasteiger partial charge in [0.15, 0.2) is 0 Å². The lowest BCUT2D eigenvalue weighted by Gasteiger charge is -2.07. The molecule has 0 aliphatic rings. The van der Waals surface area contributed by atoms with E-state index in [0.717, 1.165) is 0 Å². The van der Waals surface area contributed by atoms with Gasteiger partial charge in [-0.2, -0.15) is 0 Å². The lowest BCUT2D eigenvalue weighted by molar-refractivity contribution is 0.856. The molecular weight excluding hydrogens is 204 g/mol. The van der Waals surface area contributed by atoms with Crippen LogP contribution in [0.1, 0.15) is 36.5 Å². The minimum absolute atomic E-state index is 0.654. The van der Waals surface area contributed by atoms with Crippen molar-refractivity contribution in [3.05, 3.63) is 71.3 Å². The largest absolute Gasteiger partial charge is 0.0622 e. The van der Waals surface area contributed by atoms with E-state index in [-0.39, 0.29) is 0 Å². The van der Waals surface area contributed by atoms with Crippen LogP contribution in [0.2, 0.25) is 0 Å². The maximum absolute atomic E-state index is 2.22. The second kappa shape index (κ2) is 6.90. The molecule has 0 radical (unpaired) electrons. The van der Waals surface area contributed by atoms with Crippen LogP contribution in [0.4, 0.5) is 0 Å². The molecule has 90 valence electrons. The van der Waals surface area contributed by atoms with Crippen molar-refractivity contribution in [3.63, 3.8) is 0 Å². The Morgan fingerprint density at radius 2 is 1.24 bits per heavy atom. The molecule has 0 saturated heterocycles. The van der Waals surface area contributed by atoms with Gasteiger partial charge in [0, 0.05) is 0 Å². The fraction of sp³-hybridized carbons (Fsp3) is 0.294. The second-order valence-corrected chi connectivity index (χ2v) is 4.67. The Bertz CT molecular complexity index is 427. The molecule has 0 bridgehead atoms. The van der Waals surface area contributed by atoms with Crippen LogP contribution >= 0.6 is 0 Å². The van der Waals surface area contributed by atoms with E-state index in [1.807, 2.05) is 18.2 Å². The zero-order valence-electron chi connectivity index (χ0n) is 11.3. The third kappa shape index (κ3) is 4.86. The number of hydrogen-bond donors (Lipinski definition) is 0. The van der Waals surface area contributed by atoms with Crippen LogP contribution in [0.3, 0.4) is 0 Å². The molecule has 0 amide bonds. The highest BCUT2D eigenvalue weighted by Crippen LogP contribution is 2.17. The van der Waals surface area contributed by atoms with Crippen LogP contribution < -0.4 is 0 Å². The van der Waals surface area contributed by atoms with Gasteiger partial charge in [-0.25, -0.2) is 0 Å². The van der Waals surface area contributed by atoms with Gasteiger partial charge in [0.25, 0.3) is 0 Å². The van der Waals surface area contributed by atoms with Gasteiger partial charge < -0.3 is 0 Å². The summed E-state index contributed by atoms with van der Waals surface area (Å²) in [6.45, 7) is 8.69. The molecule has 2 aromatic carbocycles. The van der Waals surface area contributed by atoms with Crippen molar-refractivity contribution in [2.75, 3.05) is 0 Å². The smallest absolute Gasteiger partial charge is 0.0216 e. The molecule has 0 heterocycles. The fourth-order valence-electron chi connectivity index (χ4n) is 1.77. The standard InChI is InChI=1S/C10H14.C7H8/c1-8(2)10-7-5-4-6-9(10)3;1-7-5-3-2-4-6-7/h4-8H,1-3H3;2-6H,1H3. The number of rotatable bonds is 1. The molecule has 0 saturated carbocycles. The van der Waals surface area contributed by atoms with E-state index < -0.39 is 0 Å². The normalized spacial score (nSPS) is 9.71. The molecule has 0 fully saturated rings. The van der Waals surface area contributed by atoms with E-state index in [0.29, 0.717) is 5.92 Å². The average Bonchev–Trinajstić information content (AvgIpc) is 2.31. The van der Waals surface area contributed by atoms with Gasteiger partial charge in [0.05, 0.1) is 0 Å². The van der Waals surface area contributed by atoms with Crippen molar-refractivity contribution in [2.45, 2.75) is 33.6 Å². The first-order valence-electron chi connectivity index (χ1n) is 6.18. The maximum atomic E-state index is 2.22. The zero-order chi connectivity index (χ0) is 12.7. The minimum Gasteiger partial charge on any atom is -0.0622 e. The highest BCUT2D eigenvalue weighted by Gasteiger charge is 1.99. The monoisotopic (exact) mass is 226 g/mol. The lowest BCUT2D eigenvalue weighted by Crippen LogP contribution is -1.89. The topological polar surface area (TPSA) is 0 Å². The van der Waals surface area contributed by atoms with Crippen molar-refractivity contribution in [2.24, 2.45) is 0 Å². The summed E-state index contributed by atoms with van der Waals surface area (Å²) < 4.78 is 0. The van der Waals surface area contributed by atoms with Gasteiger partial charge in [-0.1, -0.05) is 74.0 Å². The Balaban J connectivity index is 0.000000181. The van der Waals surface area contributed by atoms with E-state index in [1.54, 1.807) is 0 Å². The fourth-order valence-corrected chi connectivity index (χ4v) is 1.77. The maximum Gasteiger partial charge on any atom is -0.0216 e. The molecule has 0 N–H and O–H groups in total. The van der Waals surface area contributed by atoms with Crippen LogP contribution in [-0.4, -0.2) is 0 Å². The summed E-state index contributed by atoms with van der Waals surface area (Å²) in [5, 5.41) is 0.